The van der Waals surface area contributed by atoms with Crippen LogP contribution in [0.2, 0.25) is 0 Å². The van der Waals surface area contributed by atoms with Gasteiger partial charge in [-0.25, -0.2) is 4.98 Å². The Kier molecular flexibility index (Phi) is 7.33. The second-order valence-corrected chi connectivity index (χ2v) is 6.50. The summed E-state index contributed by atoms with van der Waals surface area (Å²) in [5.74, 6) is 3.08. The lowest BCUT2D eigenvalue weighted by Crippen LogP contribution is -2.14. The summed E-state index contributed by atoms with van der Waals surface area (Å²) < 4.78 is 10.8. The largest absolute Gasteiger partial charge is 0.497 e. The number of anilines is 2. The van der Waals surface area contributed by atoms with Crippen molar-refractivity contribution in [3.8, 4) is 11.5 Å². The van der Waals surface area contributed by atoms with Gasteiger partial charge in [0.25, 0.3) is 0 Å². The van der Waals surface area contributed by atoms with Crippen molar-refractivity contribution in [2.75, 3.05) is 37.4 Å². The first-order valence-corrected chi connectivity index (χ1v) is 9.59. The molecule has 1 aromatic carbocycles. The van der Waals surface area contributed by atoms with Crippen LogP contribution in [-0.2, 0) is 0 Å². The van der Waals surface area contributed by atoms with Crippen molar-refractivity contribution >= 4 is 11.8 Å². The second kappa shape index (κ2) is 10.4. The molecule has 0 saturated heterocycles. The Morgan fingerprint density at radius 2 is 1.85 bits per heavy atom. The average molecular weight is 368 g/mol. The topological polar surface area (TPSA) is 68.3 Å². The molecule has 1 heterocycles. The first kappa shape index (κ1) is 19.0. The van der Waals surface area contributed by atoms with Gasteiger partial charge in [0.1, 0.15) is 23.9 Å². The van der Waals surface area contributed by atoms with Gasteiger partial charge in [0, 0.05) is 12.7 Å². The molecule has 0 fully saturated rings. The Morgan fingerprint density at radius 1 is 1.00 bits per heavy atom. The molecule has 2 N–H and O–H groups in total. The summed E-state index contributed by atoms with van der Waals surface area (Å²) in [7, 11) is 1.65. The van der Waals surface area contributed by atoms with E-state index >= 15 is 0 Å². The third kappa shape index (κ3) is 6.47. The van der Waals surface area contributed by atoms with Crippen LogP contribution in [0.3, 0.4) is 0 Å². The van der Waals surface area contributed by atoms with Gasteiger partial charge in [-0.1, -0.05) is 11.6 Å². The van der Waals surface area contributed by atoms with E-state index in [0.717, 1.165) is 30.3 Å². The van der Waals surface area contributed by atoms with Crippen LogP contribution in [-0.4, -0.2) is 36.8 Å². The van der Waals surface area contributed by atoms with Crippen molar-refractivity contribution in [2.24, 2.45) is 0 Å². The van der Waals surface area contributed by atoms with Gasteiger partial charge in [-0.3, -0.25) is 0 Å². The predicted octanol–water partition coefficient (Wildman–Crippen LogP) is 4.28. The van der Waals surface area contributed by atoms with Gasteiger partial charge in [0.05, 0.1) is 13.7 Å². The van der Waals surface area contributed by atoms with Crippen LogP contribution >= 0.6 is 0 Å². The smallest absolute Gasteiger partial charge is 0.224 e. The Morgan fingerprint density at radius 3 is 2.63 bits per heavy atom. The number of nitrogens with zero attached hydrogens (tertiary/aromatic N) is 2. The van der Waals surface area contributed by atoms with Crippen LogP contribution in [0.5, 0.6) is 11.5 Å². The van der Waals surface area contributed by atoms with E-state index in [1.165, 1.54) is 25.7 Å². The molecule has 1 aliphatic rings. The minimum absolute atomic E-state index is 0.529. The van der Waals surface area contributed by atoms with E-state index in [9.17, 15) is 0 Å². The van der Waals surface area contributed by atoms with Gasteiger partial charge in [0.2, 0.25) is 5.95 Å². The Labute approximate surface area is 161 Å². The highest BCUT2D eigenvalue weighted by Crippen LogP contribution is 2.20. The van der Waals surface area contributed by atoms with E-state index < -0.39 is 0 Å². The lowest BCUT2D eigenvalue weighted by atomic mass is 9.97. The quantitative estimate of drug-likeness (QED) is 0.482. The average Bonchev–Trinajstić information content (AvgIpc) is 2.73. The molecular weight excluding hydrogens is 340 g/mol. The summed E-state index contributed by atoms with van der Waals surface area (Å²) in [6.07, 6.45) is 10.4. The summed E-state index contributed by atoms with van der Waals surface area (Å²) in [5.41, 5.74) is 1.57. The summed E-state index contributed by atoms with van der Waals surface area (Å²) in [6, 6.07) is 9.44. The number of aromatic nitrogens is 2. The van der Waals surface area contributed by atoms with E-state index in [-0.39, 0.29) is 0 Å². The fourth-order valence-electron chi connectivity index (χ4n) is 3.03. The van der Waals surface area contributed by atoms with Crippen LogP contribution in [0, 0.1) is 0 Å². The Bertz CT molecular complexity index is 731. The minimum atomic E-state index is 0.529. The number of benzene rings is 1. The molecule has 27 heavy (non-hydrogen) atoms. The van der Waals surface area contributed by atoms with Crippen LogP contribution in [0.15, 0.2) is 48.2 Å². The lowest BCUT2D eigenvalue weighted by Gasteiger charge is -2.13. The van der Waals surface area contributed by atoms with E-state index in [1.54, 1.807) is 18.9 Å². The summed E-state index contributed by atoms with van der Waals surface area (Å²) in [5, 5.41) is 6.58. The van der Waals surface area contributed by atoms with Gasteiger partial charge < -0.3 is 20.1 Å². The standard InChI is InChI=1S/C21H28N4O2/c1-26-18-7-9-19(10-8-18)27-16-15-24-21-23-14-12-20(25-21)22-13-11-17-5-3-2-4-6-17/h5,7-10,12,14H,2-4,6,11,13,15-16H2,1H3,(H2,22,23,24,25). The number of ether oxygens (including phenoxy) is 2. The molecule has 0 atom stereocenters. The van der Waals surface area contributed by atoms with E-state index in [4.69, 9.17) is 9.47 Å². The number of hydrogen-bond donors (Lipinski definition) is 2. The summed E-state index contributed by atoms with van der Waals surface area (Å²) in [6.45, 7) is 2.06. The highest BCUT2D eigenvalue weighted by Gasteiger charge is 2.04. The molecule has 144 valence electrons. The number of allylic oxidation sites excluding steroid dienone is 1. The molecule has 0 unspecified atom stereocenters. The summed E-state index contributed by atoms with van der Waals surface area (Å²) in [4.78, 5) is 8.76. The molecule has 0 saturated carbocycles. The molecule has 0 amide bonds. The van der Waals surface area contributed by atoms with E-state index in [2.05, 4.69) is 26.7 Å². The van der Waals surface area contributed by atoms with Crippen molar-refractivity contribution in [1.82, 2.24) is 9.97 Å². The number of methoxy groups -OCH3 is 1. The monoisotopic (exact) mass is 368 g/mol. The van der Waals surface area contributed by atoms with Crippen molar-refractivity contribution in [1.29, 1.82) is 0 Å². The van der Waals surface area contributed by atoms with Crippen molar-refractivity contribution in [3.63, 3.8) is 0 Å². The van der Waals surface area contributed by atoms with Crippen LogP contribution in [0.1, 0.15) is 32.1 Å². The van der Waals surface area contributed by atoms with Crippen molar-refractivity contribution in [2.45, 2.75) is 32.1 Å². The minimum Gasteiger partial charge on any atom is -0.497 e. The zero-order valence-electron chi connectivity index (χ0n) is 15.9. The van der Waals surface area contributed by atoms with Gasteiger partial charge in [0.15, 0.2) is 0 Å². The molecular formula is C21H28N4O2. The zero-order chi connectivity index (χ0) is 18.7. The summed E-state index contributed by atoms with van der Waals surface area (Å²) >= 11 is 0. The van der Waals surface area contributed by atoms with Crippen LogP contribution < -0.4 is 20.1 Å². The maximum Gasteiger partial charge on any atom is 0.224 e. The Balaban J connectivity index is 1.37. The number of rotatable bonds is 10. The van der Waals surface area contributed by atoms with Crippen molar-refractivity contribution in [3.05, 3.63) is 48.2 Å². The number of hydrogen-bond acceptors (Lipinski definition) is 6. The first-order valence-electron chi connectivity index (χ1n) is 9.59. The van der Waals surface area contributed by atoms with Gasteiger partial charge in [-0.15, -0.1) is 0 Å². The molecule has 0 aliphatic heterocycles. The molecule has 0 radical (unpaired) electrons. The van der Waals surface area contributed by atoms with E-state index in [0.29, 0.717) is 19.1 Å². The predicted molar refractivity (Wildman–Crippen MR) is 109 cm³/mol. The van der Waals surface area contributed by atoms with E-state index in [1.807, 2.05) is 30.3 Å². The Hall–Kier alpha value is -2.76. The third-order valence-corrected chi connectivity index (χ3v) is 4.51. The highest BCUT2D eigenvalue weighted by atomic mass is 16.5. The molecule has 1 aromatic heterocycles. The molecule has 2 aromatic rings. The molecule has 1 aliphatic carbocycles. The fraction of sp³-hybridized carbons (Fsp3) is 0.429. The highest BCUT2D eigenvalue weighted by molar-refractivity contribution is 5.39. The fourth-order valence-corrected chi connectivity index (χ4v) is 3.03. The molecule has 6 nitrogen and oxygen atoms in total. The SMILES string of the molecule is COc1ccc(OCCNc2nccc(NCCC3=CCCCC3)n2)cc1. The molecule has 0 spiro atoms. The normalized spacial score (nSPS) is 13.6. The molecule has 3 rings (SSSR count). The van der Waals surface area contributed by atoms with Gasteiger partial charge in [-0.2, -0.15) is 4.98 Å². The van der Waals surface area contributed by atoms with Gasteiger partial charge >= 0.3 is 0 Å². The molecule has 6 heteroatoms. The van der Waals surface area contributed by atoms with Crippen LogP contribution in [0.4, 0.5) is 11.8 Å². The zero-order valence-corrected chi connectivity index (χ0v) is 15.9. The molecule has 0 bridgehead atoms. The lowest BCUT2D eigenvalue weighted by molar-refractivity contribution is 0.331. The van der Waals surface area contributed by atoms with Gasteiger partial charge in [-0.05, 0) is 62.4 Å². The first-order chi connectivity index (χ1) is 13.3. The third-order valence-electron chi connectivity index (χ3n) is 4.51. The van der Waals surface area contributed by atoms with Crippen LogP contribution in [0.25, 0.3) is 0 Å². The number of nitrogens with one attached hydrogen (secondary N) is 2. The maximum absolute atomic E-state index is 5.69. The second-order valence-electron chi connectivity index (χ2n) is 6.50. The maximum atomic E-state index is 5.69. The van der Waals surface area contributed by atoms with Crippen molar-refractivity contribution < 1.29 is 9.47 Å².